The first-order valence-electron chi connectivity index (χ1n) is 13.9. The lowest BCUT2D eigenvalue weighted by Gasteiger charge is -2.08. The number of furan rings is 1. The van der Waals surface area contributed by atoms with Crippen molar-refractivity contribution in [3.8, 4) is 27.9 Å². The molecule has 2 heteroatoms. The molecule has 6 aromatic carbocycles. The number of hydrogen-bond acceptors (Lipinski definition) is 1. The Balaban J connectivity index is 0.00000130. The van der Waals surface area contributed by atoms with Gasteiger partial charge in [0.25, 0.3) is 0 Å². The van der Waals surface area contributed by atoms with E-state index in [1.807, 2.05) is 26.0 Å². The van der Waals surface area contributed by atoms with Gasteiger partial charge in [-0.2, -0.15) is 0 Å². The van der Waals surface area contributed by atoms with Gasteiger partial charge in [-0.1, -0.05) is 111 Å². The quantitative estimate of drug-likeness (QED) is 0.229. The minimum Gasteiger partial charge on any atom is -0.455 e. The smallest absolute Gasteiger partial charge is 0.143 e. The Labute approximate surface area is 233 Å². The van der Waals surface area contributed by atoms with Crippen molar-refractivity contribution >= 4 is 43.7 Å². The highest BCUT2D eigenvalue weighted by Crippen LogP contribution is 2.40. The zero-order valence-electron chi connectivity index (χ0n) is 22.6. The Morgan fingerprint density at radius 3 is 1.80 bits per heavy atom. The summed E-state index contributed by atoms with van der Waals surface area (Å²) in [6.45, 7) is 4.00. The van der Waals surface area contributed by atoms with Crippen LogP contribution in [0, 0.1) is 0 Å². The molecule has 8 aromatic rings. The molecule has 0 aliphatic heterocycles. The van der Waals surface area contributed by atoms with Crippen molar-refractivity contribution in [2.45, 2.75) is 13.8 Å². The van der Waals surface area contributed by atoms with Crippen LogP contribution in [0.5, 0.6) is 0 Å². The normalized spacial score (nSPS) is 11.2. The highest BCUT2D eigenvalue weighted by atomic mass is 16.3. The summed E-state index contributed by atoms with van der Waals surface area (Å²) in [7, 11) is 0. The molecular weight excluding hydrogens is 486 g/mol. The molecule has 0 atom stereocenters. The van der Waals surface area contributed by atoms with Gasteiger partial charge >= 0.3 is 0 Å². The molecule has 0 aliphatic carbocycles. The van der Waals surface area contributed by atoms with Crippen LogP contribution >= 0.6 is 0 Å². The maximum absolute atomic E-state index is 6.38. The van der Waals surface area contributed by atoms with Gasteiger partial charge in [0.05, 0.1) is 11.0 Å². The molecule has 0 unspecified atom stereocenters. The summed E-state index contributed by atoms with van der Waals surface area (Å²) in [5.74, 6) is 0. The van der Waals surface area contributed by atoms with E-state index >= 15 is 0 Å². The van der Waals surface area contributed by atoms with E-state index in [1.165, 1.54) is 32.9 Å². The van der Waals surface area contributed by atoms with E-state index < -0.39 is 0 Å². The van der Waals surface area contributed by atoms with Crippen molar-refractivity contribution in [1.29, 1.82) is 0 Å². The summed E-state index contributed by atoms with van der Waals surface area (Å²) in [4.78, 5) is 0. The van der Waals surface area contributed by atoms with Crippen molar-refractivity contribution in [2.24, 2.45) is 0 Å². The van der Waals surface area contributed by atoms with Crippen molar-refractivity contribution in [1.82, 2.24) is 4.57 Å². The van der Waals surface area contributed by atoms with Gasteiger partial charge in [-0.05, 0) is 59.2 Å². The predicted molar refractivity (Wildman–Crippen MR) is 170 cm³/mol. The number of nitrogens with zero attached hydrogens (tertiary/aromatic N) is 1. The lowest BCUT2D eigenvalue weighted by Crippen LogP contribution is -1.93. The maximum Gasteiger partial charge on any atom is 0.143 e. The monoisotopic (exact) mass is 515 g/mol. The second kappa shape index (κ2) is 9.91. The third-order valence-electron chi connectivity index (χ3n) is 7.60. The lowest BCUT2D eigenvalue weighted by atomic mass is 9.99. The second-order valence-corrected chi connectivity index (χ2v) is 9.78. The first-order valence-corrected chi connectivity index (χ1v) is 13.9. The minimum absolute atomic E-state index is 0.921. The Morgan fingerprint density at radius 1 is 0.450 bits per heavy atom. The summed E-state index contributed by atoms with van der Waals surface area (Å²) < 4.78 is 8.75. The van der Waals surface area contributed by atoms with E-state index in [-0.39, 0.29) is 0 Å². The third-order valence-corrected chi connectivity index (χ3v) is 7.60. The lowest BCUT2D eigenvalue weighted by molar-refractivity contribution is 0.670. The van der Waals surface area contributed by atoms with Crippen LogP contribution < -0.4 is 0 Å². The van der Waals surface area contributed by atoms with Crippen LogP contribution in [0.1, 0.15) is 13.8 Å². The van der Waals surface area contributed by atoms with E-state index in [4.69, 9.17) is 4.42 Å². The van der Waals surface area contributed by atoms with Gasteiger partial charge in [-0.15, -0.1) is 0 Å². The molecule has 0 saturated heterocycles. The van der Waals surface area contributed by atoms with Gasteiger partial charge in [0, 0.05) is 32.8 Å². The zero-order chi connectivity index (χ0) is 27.1. The zero-order valence-corrected chi connectivity index (χ0v) is 22.6. The van der Waals surface area contributed by atoms with E-state index in [0.717, 1.165) is 38.8 Å². The molecule has 0 N–H and O–H groups in total. The summed E-state index contributed by atoms with van der Waals surface area (Å²) in [5.41, 5.74) is 10.1. The highest BCUT2D eigenvalue weighted by Gasteiger charge is 2.16. The topological polar surface area (TPSA) is 18.1 Å². The van der Waals surface area contributed by atoms with Crippen LogP contribution in [0.25, 0.3) is 71.7 Å². The van der Waals surface area contributed by atoms with E-state index in [1.54, 1.807) is 0 Å². The van der Waals surface area contributed by atoms with Crippen LogP contribution in [0.15, 0.2) is 144 Å². The van der Waals surface area contributed by atoms with Crippen molar-refractivity contribution in [3.63, 3.8) is 0 Å². The van der Waals surface area contributed by atoms with Crippen LogP contribution in [0.3, 0.4) is 0 Å². The van der Waals surface area contributed by atoms with E-state index in [2.05, 4.69) is 132 Å². The van der Waals surface area contributed by atoms with Crippen molar-refractivity contribution < 1.29 is 4.42 Å². The second-order valence-electron chi connectivity index (χ2n) is 9.78. The molecule has 2 heterocycles. The Morgan fingerprint density at radius 2 is 1.05 bits per heavy atom. The number of para-hydroxylation sites is 3. The number of benzene rings is 6. The molecule has 2 aromatic heterocycles. The molecule has 40 heavy (non-hydrogen) atoms. The van der Waals surface area contributed by atoms with Gasteiger partial charge < -0.3 is 8.98 Å². The van der Waals surface area contributed by atoms with E-state index in [9.17, 15) is 0 Å². The average Bonchev–Trinajstić information content (AvgIpc) is 3.58. The Kier molecular flexibility index (Phi) is 5.94. The van der Waals surface area contributed by atoms with Gasteiger partial charge in [0.2, 0.25) is 0 Å². The van der Waals surface area contributed by atoms with Crippen molar-refractivity contribution in [3.05, 3.63) is 140 Å². The fraction of sp³-hybridized carbons (Fsp3) is 0.0526. The highest BCUT2D eigenvalue weighted by molar-refractivity contribution is 6.13. The molecule has 0 bridgehead atoms. The summed E-state index contributed by atoms with van der Waals surface area (Å²) in [6.07, 6.45) is 0. The first kappa shape index (κ1) is 24.0. The number of rotatable bonds is 3. The van der Waals surface area contributed by atoms with Gasteiger partial charge in [0.1, 0.15) is 11.2 Å². The number of aromatic nitrogens is 1. The molecule has 192 valence electrons. The third kappa shape index (κ3) is 3.80. The predicted octanol–water partition coefficient (Wildman–Crippen LogP) is 11.0. The van der Waals surface area contributed by atoms with Gasteiger partial charge in [-0.3, -0.25) is 0 Å². The number of hydrogen-bond donors (Lipinski definition) is 0. The van der Waals surface area contributed by atoms with Crippen LogP contribution in [0.4, 0.5) is 0 Å². The SMILES string of the molecule is CC.c1ccc(-c2ccc3c(c2)c2cc(-c4cccc5c4oc4ccccc45)ccc2n3-c2ccccc2)cc1. The molecule has 2 nitrogen and oxygen atoms in total. The van der Waals surface area contributed by atoms with Crippen LogP contribution in [0.2, 0.25) is 0 Å². The maximum atomic E-state index is 6.38. The molecule has 0 saturated carbocycles. The number of fused-ring (bicyclic) bond motifs is 6. The summed E-state index contributed by atoms with van der Waals surface area (Å²) in [6, 6.07) is 49.5. The Hall–Kier alpha value is -5.08. The van der Waals surface area contributed by atoms with Gasteiger partial charge in [0.15, 0.2) is 0 Å². The fourth-order valence-corrected chi connectivity index (χ4v) is 5.83. The average molecular weight is 516 g/mol. The molecular formula is C38H29NO. The van der Waals surface area contributed by atoms with Gasteiger partial charge in [-0.25, -0.2) is 0 Å². The summed E-state index contributed by atoms with van der Waals surface area (Å²) in [5, 5.41) is 4.77. The molecule has 0 amide bonds. The molecule has 0 spiro atoms. The minimum atomic E-state index is 0.921. The molecule has 0 aliphatic rings. The van der Waals surface area contributed by atoms with Crippen LogP contribution in [-0.4, -0.2) is 4.57 Å². The molecule has 0 radical (unpaired) electrons. The summed E-state index contributed by atoms with van der Waals surface area (Å²) >= 11 is 0. The largest absolute Gasteiger partial charge is 0.455 e. The standard InChI is InChI=1S/C36H23NO.C2H6/c1-3-10-24(11-4-1)25-18-20-33-31(22-25)32-23-26(19-21-34(32)37(33)27-12-5-2-6-13-27)28-15-9-16-30-29-14-7-8-17-35(29)38-36(28)30;1-2/h1-23H;1-2H3. The molecule has 0 fully saturated rings. The Bertz CT molecular complexity index is 2110. The van der Waals surface area contributed by atoms with E-state index in [0.29, 0.717) is 0 Å². The fourth-order valence-electron chi connectivity index (χ4n) is 5.83. The van der Waals surface area contributed by atoms with Crippen molar-refractivity contribution in [2.75, 3.05) is 0 Å². The van der Waals surface area contributed by atoms with Crippen LogP contribution in [-0.2, 0) is 0 Å². The first-order chi connectivity index (χ1) is 19.8. The molecule has 8 rings (SSSR count).